The average Bonchev–Trinajstić information content (AvgIpc) is 2.82. The smallest absolute Gasteiger partial charge is 0.122 e. The lowest BCUT2D eigenvalue weighted by Gasteiger charge is -2.14. The zero-order valence-electron chi connectivity index (χ0n) is 9.58. The molecule has 0 aromatic heterocycles. The van der Waals surface area contributed by atoms with E-state index < -0.39 is 0 Å². The van der Waals surface area contributed by atoms with E-state index in [0.717, 1.165) is 31.6 Å². The lowest BCUT2D eigenvalue weighted by molar-refractivity contribution is 0.134. The summed E-state index contributed by atoms with van der Waals surface area (Å²) < 4.78 is 10.9. The van der Waals surface area contributed by atoms with Crippen LogP contribution in [0.4, 0.5) is 0 Å². The first-order chi connectivity index (χ1) is 7.70. The van der Waals surface area contributed by atoms with Crippen LogP contribution in [-0.2, 0) is 24.4 Å². The van der Waals surface area contributed by atoms with Crippen LogP contribution < -0.4 is 10.5 Å². The summed E-state index contributed by atoms with van der Waals surface area (Å²) in [5, 5.41) is 0. The Bertz CT molecular complexity index is 424. The number of fused-ring (bicyclic) bond motifs is 1. The van der Waals surface area contributed by atoms with Crippen molar-refractivity contribution in [3.05, 3.63) is 28.8 Å². The molecule has 3 heteroatoms. The van der Waals surface area contributed by atoms with Crippen molar-refractivity contribution in [3.8, 4) is 5.75 Å². The second kappa shape index (κ2) is 3.47. The molecule has 86 valence electrons. The molecule has 1 saturated carbocycles. The normalized spacial score (nSPS) is 20.6. The van der Waals surface area contributed by atoms with Crippen molar-refractivity contribution in [1.29, 1.82) is 0 Å². The Kier molecular flexibility index (Phi) is 2.19. The first-order valence-electron chi connectivity index (χ1n) is 5.75. The number of methoxy groups -OCH3 is 1. The number of ether oxygens (including phenoxy) is 2. The molecule has 2 N–H and O–H groups in total. The summed E-state index contributed by atoms with van der Waals surface area (Å²) in [4.78, 5) is 0. The summed E-state index contributed by atoms with van der Waals surface area (Å²) in [6, 6.07) is 4.30. The molecule has 0 amide bonds. The van der Waals surface area contributed by atoms with Crippen molar-refractivity contribution in [2.24, 2.45) is 5.73 Å². The van der Waals surface area contributed by atoms with Crippen LogP contribution >= 0.6 is 0 Å². The van der Waals surface area contributed by atoms with E-state index in [0.29, 0.717) is 6.61 Å². The summed E-state index contributed by atoms with van der Waals surface area (Å²) >= 11 is 0. The minimum absolute atomic E-state index is 0.0287. The number of hydrogen-bond donors (Lipinski definition) is 1. The SMILES string of the molecule is COc1cc2c(cc1CC1(N)CC1)COC2. The van der Waals surface area contributed by atoms with Crippen molar-refractivity contribution in [2.45, 2.75) is 38.0 Å². The van der Waals surface area contributed by atoms with E-state index >= 15 is 0 Å². The monoisotopic (exact) mass is 219 g/mol. The third-order valence-electron chi connectivity index (χ3n) is 3.55. The predicted molar refractivity (Wildman–Crippen MR) is 61.3 cm³/mol. The zero-order chi connectivity index (χ0) is 11.2. The van der Waals surface area contributed by atoms with Gasteiger partial charge in [-0.25, -0.2) is 0 Å². The van der Waals surface area contributed by atoms with Gasteiger partial charge in [0.15, 0.2) is 0 Å². The maximum Gasteiger partial charge on any atom is 0.122 e. The van der Waals surface area contributed by atoms with Crippen molar-refractivity contribution >= 4 is 0 Å². The molecule has 0 atom stereocenters. The summed E-state index contributed by atoms with van der Waals surface area (Å²) in [5.74, 6) is 0.959. The Balaban J connectivity index is 1.95. The highest BCUT2D eigenvalue weighted by molar-refractivity contribution is 5.44. The standard InChI is InChI=1S/C13H17NO2/c1-15-12-5-11-8-16-7-10(11)4-9(12)6-13(14)2-3-13/h4-5H,2-3,6-8,14H2,1H3. The summed E-state index contributed by atoms with van der Waals surface area (Å²) in [6.07, 6.45) is 3.18. The molecule has 2 aliphatic rings. The van der Waals surface area contributed by atoms with E-state index in [9.17, 15) is 0 Å². The molecule has 16 heavy (non-hydrogen) atoms. The van der Waals surface area contributed by atoms with E-state index in [-0.39, 0.29) is 5.54 Å². The highest BCUT2D eigenvalue weighted by Gasteiger charge is 2.39. The van der Waals surface area contributed by atoms with Gasteiger partial charge in [-0.3, -0.25) is 0 Å². The third-order valence-corrected chi connectivity index (χ3v) is 3.55. The van der Waals surface area contributed by atoms with Gasteiger partial charge in [0.1, 0.15) is 5.75 Å². The molecule has 0 spiro atoms. The van der Waals surface area contributed by atoms with Crippen LogP contribution in [0.5, 0.6) is 5.75 Å². The van der Waals surface area contributed by atoms with Gasteiger partial charge < -0.3 is 15.2 Å². The van der Waals surface area contributed by atoms with Gasteiger partial charge in [0.25, 0.3) is 0 Å². The highest BCUT2D eigenvalue weighted by atomic mass is 16.5. The molecular formula is C13H17NO2. The third kappa shape index (κ3) is 1.70. The highest BCUT2D eigenvalue weighted by Crippen LogP contribution is 2.39. The summed E-state index contributed by atoms with van der Waals surface area (Å²) in [6.45, 7) is 1.43. The fourth-order valence-electron chi connectivity index (χ4n) is 2.30. The quantitative estimate of drug-likeness (QED) is 0.842. The van der Waals surface area contributed by atoms with Crippen molar-refractivity contribution < 1.29 is 9.47 Å². The fraction of sp³-hybridized carbons (Fsp3) is 0.538. The van der Waals surface area contributed by atoms with Gasteiger partial charge in [0.05, 0.1) is 20.3 Å². The Hall–Kier alpha value is -1.06. The van der Waals surface area contributed by atoms with Crippen molar-refractivity contribution in [3.63, 3.8) is 0 Å². The van der Waals surface area contributed by atoms with Gasteiger partial charge in [-0.15, -0.1) is 0 Å². The van der Waals surface area contributed by atoms with Gasteiger partial charge in [-0.2, -0.15) is 0 Å². The maximum atomic E-state index is 6.16. The largest absolute Gasteiger partial charge is 0.496 e. The van der Waals surface area contributed by atoms with Crippen LogP contribution in [-0.4, -0.2) is 12.6 Å². The predicted octanol–water partition coefficient (Wildman–Crippen LogP) is 1.76. The zero-order valence-corrected chi connectivity index (χ0v) is 9.58. The van der Waals surface area contributed by atoms with Crippen LogP contribution in [0.2, 0.25) is 0 Å². The van der Waals surface area contributed by atoms with Crippen LogP contribution in [0.25, 0.3) is 0 Å². The summed E-state index contributed by atoms with van der Waals surface area (Å²) in [5.41, 5.74) is 9.96. The second-order valence-electron chi connectivity index (χ2n) is 4.96. The average molecular weight is 219 g/mol. The molecule has 1 aliphatic carbocycles. The molecule has 3 nitrogen and oxygen atoms in total. The fourth-order valence-corrected chi connectivity index (χ4v) is 2.30. The minimum Gasteiger partial charge on any atom is -0.496 e. The molecular weight excluding hydrogens is 202 g/mol. The Morgan fingerprint density at radius 1 is 1.31 bits per heavy atom. The van der Waals surface area contributed by atoms with Gasteiger partial charge in [0.2, 0.25) is 0 Å². The first kappa shape index (κ1) is 10.1. The molecule has 1 aromatic rings. The molecule has 1 aliphatic heterocycles. The van der Waals surface area contributed by atoms with E-state index in [1.807, 2.05) is 0 Å². The molecule has 3 rings (SSSR count). The van der Waals surface area contributed by atoms with E-state index in [2.05, 4.69) is 12.1 Å². The van der Waals surface area contributed by atoms with E-state index in [1.54, 1.807) is 7.11 Å². The minimum atomic E-state index is 0.0287. The van der Waals surface area contributed by atoms with Gasteiger partial charge in [-0.1, -0.05) is 0 Å². The topological polar surface area (TPSA) is 44.5 Å². The van der Waals surface area contributed by atoms with E-state index in [1.165, 1.54) is 16.7 Å². The van der Waals surface area contributed by atoms with Gasteiger partial charge >= 0.3 is 0 Å². The van der Waals surface area contributed by atoms with Crippen LogP contribution in [0.3, 0.4) is 0 Å². The van der Waals surface area contributed by atoms with E-state index in [4.69, 9.17) is 15.2 Å². The molecule has 0 unspecified atom stereocenters. The Morgan fingerprint density at radius 3 is 2.62 bits per heavy atom. The number of hydrogen-bond acceptors (Lipinski definition) is 3. The van der Waals surface area contributed by atoms with Gasteiger partial charge in [-0.05, 0) is 48.1 Å². The number of benzene rings is 1. The number of nitrogens with two attached hydrogens (primary N) is 1. The molecule has 0 saturated heterocycles. The Morgan fingerprint density at radius 2 is 2.00 bits per heavy atom. The lowest BCUT2D eigenvalue weighted by atomic mass is 9.99. The van der Waals surface area contributed by atoms with Crippen LogP contribution in [0.15, 0.2) is 12.1 Å². The van der Waals surface area contributed by atoms with Crippen LogP contribution in [0, 0.1) is 0 Å². The molecule has 1 heterocycles. The van der Waals surface area contributed by atoms with Crippen molar-refractivity contribution in [2.75, 3.05) is 7.11 Å². The summed E-state index contributed by atoms with van der Waals surface area (Å²) in [7, 11) is 1.72. The second-order valence-corrected chi connectivity index (χ2v) is 4.96. The molecule has 1 aromatic carbocycles. The molecule has 0 bridgehead atoms. The first-order valence-corrected chi connectivity index (χ1v) is 5.75. The molecule has 0 radical (unpaired) electrons. The Labute approximate surface area is 95.5 Å². The number of rotatable bonds is 3. The van der Waals surface area contributed by atoms with Gasteiger partial charge in [0, 0.05) is 5.54 Å². The lowest BCUT2D eigenvalue weighted by Crippen LogP contribution is -2.24. The van der Waals surface area contributed by atoms with Crippen LogP contribution in [0.1, 0.15) is 29.5 Å². The molecule has 1 fully saturated rings. The maximum absolute atomic E-state index is 6.16. The van der Waals surface area contributed by atoms with Crippen molar-refractivity contribution in [1.82, 2.24) is 0 Å².